The highest BCUT2D eigenvalue weighted by atomic mass is 16.1. The number of nitrogens with one attached hydrogen (secondary N) is 2. The van der Waals surface area contributed by atoms with E-state index in [4.69, 9.17) is 0 Å². The summed E-state index contributed by atoms with van der Waals surface area (Å²) < 4.78 is 2.27. The molecule has 2 heterocycles. The van der Waals surface area contributed by atoms with E-state index in [1.54, 1.807) is 0 Å². The number of H-pyrrole nitrogens is 1. The predicted molar refractivity (Wildman–Crippen MR) is 118 cm³/mol. The van der Waals surface area contributed by atoms with Gasteiger partial charge in [-0.25, -0.2) is 4.98 Å². The van der Waals surface area contributed by atoms with Gasteiger partial charge in [0.15, 0.2) is 0 Å². The van der Waals surface area contributed by atoms with Crippen molar-refractivity contribution in [1.29, 1.82) is 0 Å². The Morgan fingerprint density at radius 2 is 1.97 bits per heavy atom. The van der Waals surface area contributed by atoms with Gasteiger partial charge in [0, 0.05) is 23.9 Å². The summed E-state index contributed by atoms with van der Waals surface area (Å²) in [5.74, 6) is 0.134. The summed E-state index contributed by atoms with van der Waals surface area (Å²) in [7, 11) is 0. The van der Waals surface area contributed by atoms with Crippen molar-refractivity contribution in [2.24, 2.45) is 0 Å². The van der Waals surface area contributed by atoms with Crippen LogP contribution >= 0.6 is 0 Å². The number of imidazole rings is 1. The molecule has 6 heteroatoms. The summed E-state index contributed by atoms with van der Waals surface area (Å²) in [5.41, 5.74) is 5.65. The van der Waals surface area contributed by atoms with Crippen LogP contribution in [0.5, 0.6) is 0 Å². The maximum atomic E-state index is 11.7. The van der Waals surface area contributed by atoms with Gasteiger partial charge in [0.05, 0.1) is 29.9 Å². The Balaban J connectivity index is 1.38. The Bertz CT molecular complexity index is 1170. The molecule has 1 saturated carbocycles. The standard InChI is InChI=1S/C24H25N5O/c1-2-24(30)27-18-10-11-19(12-18)29-15-25-14-23(29)17-8-6-16(7-9-17)20-4-3-5-22-21(20)13-26-28-22/h3-9,13-15,18-19H,2,10-12H2,1H3,(H,26,28)(H,27,30)/t18-,19+/m0/s1. The van der Waals surface area contributed by atoms with Gasteiger partial charge in [-0.3, -0.25) is 9.89 Å². The van der Waals surface area contributed by atoms with Crippen LogP contribution in [0, 0.1) is 0 Å². The summed E-state index contributed by atoms with van der Waals surface area (Å²) in [6.07, 6.45) is 9.29. The second kappa shape index (κ2) is 7.78. The van der Waals surface area contributed by atoms with Gasteiger partial charge in [0.2, 0.25) is 5.91 Å². The van der Waals surface area contributed by atoms with Crippen molar-refractivity contribution in [1.82, 2.24) is 25.1 Å². The van der Waals surface area contributed by atoms with Crippen LogP contribution in [-0.4, -0.2) is 31.7 Å². The highest BCUT2D eigenvalue weighted by Crippen LogP contribution is 2.35. The van der Waals surface area contributed by atoms with Gasteiger partial charge >= 0.3 is 0 Å². The van der Waals surface area contributed by atoms with Crippen LogP contribution in [0.4, 0.5) is 0 Å². The van der Waals surface area contributed by atoms with Gasteiger partial charge < -0.3 is 9.88 Å². The summed E-state index contributed by atoms with van der Waals surface area (Å²) in [6.45, 7) is 1.90. The topological polar surface area (TPSA) is 75.6 Å². The third-order valence-corrected chi connectivity index (χ3v) is 6.13. The summed E-state index contributed by atoms with van der Waals surface area (Å²) >= 11 is 0. The lowest BCUT2D eigenvalue weighted by atomic mass is 10.00. The van der Waals surface area contributed by atoms with E-state index in [2.05, 4.69) is 55.4 Å². The van der Waals surface area contributed by atoms with E-state index in [0.717, 1.165) is 41.4 Å². The van der Waals surface area contributed by atoms with Crippen molar-refractivity contribution in [3.63, 3.8) is 0 Å². The first-order chi connectivity index (χ1) is 14.7. The third-order valence-electron chi connectivity index (χ3n) is 6.13. The van der Waals surface area contributed by atoms with Crippen molar-refractivity contribution < 1.29 is 4.79 Å². The van der Waals surface area contributed by atoms with Crippen LogP contribution in [0.25, 0.3) is 33.3 Å². The molecule has 0 aliphatic heterocycles. The lowest BCUT2D eigenvalue weighted by Gasteiger charge is -2.17. The molecule has 0 bridgehead atoms. The number of nitrogens with zero attached hydrogens (tertiary/aromatic N) is 3. The van der Waals surface area contributed by atoms with Crippen molar-refractivity contribution in [3.05, 3.63) is 61.2 Å². The van der Waals surface area contributed by atoms with Crippen molar-refractivity contribution in [2.45, 2.75) is 44.7 Å². The number of carbonyl (C=O) groups is 1. The van der Waals surface area contributed by atoms with Gasteiger partial charge in [0.25, 0.3) is 0 Å². The molecule has 2 atom stereocenters. The van der Waals surface area contributed by atoms with Crippen LogP contribution in [0.1, 0.15) is 38.6 Å². The molecular formula is C24H25N5O. The van der Waals surface area contributed by atoms with E-state index >= 15 is 0 Å². The molecule has 152 valence electrons. The number of aromatic nitrogens is 4. The molecule has 0 spiro atoms. The van der Waals surface area contributed by atoms with Crippen LogP contribution in [0.2, 0.25) is 0 Å². The second-order valence-corrected chi connectivity index (χ2v) is 7.99. The number of hydrogen-bond donors (Lipinski definition) is 2. The second-order valence-electron chi connectivity index (χ2n) is 7.99. The number of benzene rings is 2. The van der Waals surface area contributed by atoms with E-state index < -0.39 is 0 Å². The molecule has 1 aliphatic carbocycles. The fraction of sp³-hybridized carbons (Fsp3) is 0.292. The minimum Gasteiger partial charge on any atom is -0.353 e. The molecule has 1 fully saturated rings. The molecule has 30 heavy (non-hydrogen) atoms. The van der Waals surface area contributed by atoms with Gasteiger partial charge in [-0.2, -0.15) is 5.10 Å². The van der Waals surface area contributed by atoms with Gasteiger partial charge in [0.1, 0.15) is 0 Å². The number of rotatable bonds is 5. The number of hydrogen-bond acceptors (Lipinski definition) is 3. The molecule has 0 unspecified atom stereocenters. The molecule has 0 saturated heterocycles. The van der Waals surface area contributed by atoms with Crippen LogP contribution < -0.4 is 5.32 Å². The molecule has 2 aromatic carbocycles. The first-order valence-electron chi connectivity index (χ1n) is 10.6. The molecule has 2 N–H and O–H groups in total. The molecule has 6 nitrogen and oxygen atoms in total. The third kappa shape index (κ3) is 3.38. The largest absolute Gasteiger partial charge is 0.353 e. The Labute approximate surface area is 175 Å². The minimum absolute atomic E-state index is 0.134. The summed E-state index contributed by atoms with van der Waals surface area (Å²) in [6, 6.07) is 15.5. The lowest BCUT2D eigenvalue weighted by molar-refractivity contribution is -0.121. The normalized spacial score (nSPS) is 18.7. The number of aromatic amines is 1. The van der Waals surface area contributed by atoms with Crippen molar-refractivity contribution >= 4 is 16.8 Å². The van der Waals surface area contributed by atoms with Gasteiger partial charge in [-0.05, 0) is 42.0 Å². The Kier molecular flexibility index (Phi) is 4.83. The minimum atomic E-state index is 0.134. The Morgan fingerprint density at radius 3 is 2.80 bits per heavy atom. The molecule has 2 aromatic heterocycles. The maximum absolute atomic E-state index is 11.7. The lowest BCUT2D eigenvalue weighted by Crippen LogP contribution is -2.32. The van der Waals surface area contributed by atoms with Gasteiger partial charge in [-0.1, -0.05) is 43.3 Å². The SMILES string of the molecule is CCC(=O)N[C@H]1CC[C@@H](n2cncc2-c2ccc(-c3cccc4[nH]ncc34)cc2)C1. The number of amides is 1. The smallest absolute Gasteiger partial charge is 0.219 e. The number of carbonyl (C=O) groups excluding carboxylic acids is 1. The van der Waals surface area contributed by atoms with E-state index in [-0.39, 0.29) is 11.9 Å². The Morgan fingerprint density at radius 1 is 1.13 bits per heavy atom. The zero-order valence-corrected chi connectivity index (χ0v) is 17.0. The molecule has 1 aliphatic rings. The average Bonchev–Trinajstić information content (AvgIpc) is 3.53. The zero-order valence-electron chi connectivity index (χ0n) is 17.0. The monoisotopic (exact) mass is 399 g/mol. The predicted octanol–water partition coefficient (Wildman–Crippen LogP) is 4.71. The van der Waals surface area contributed by atoms with E-state index in [0.29, 0.717) is 12.5 Å². The van der Waals surface area contributed by atoms with Crippen LogP contribution in [-0.2, 0) is 4.79 Å². The van der Waals surface area contributed by atoms with E-state index in [9.17, 15) is 4.79 Å². The van der Waals surface area contributed by atoms with E-state index in [1.165, 1.54) is 11.1 Å². The first-order valence-corrected chi connectivity index (χ1v) is 10.6. The molecule has 0 radical (unpaired) electrons. The molecule has 1 amide bonds. The summed E-state index contributed by atoms with van der Waals surface area (Å²) in [5, 5.41) is 11.5. The first kappa shape index (κ1) is 18.6. The van der Waals surface area contributed by atoms with Crippen LogP contribution in [0.15, 0.2) is 61.2 Å². The molecular weight excluding hydrogens is 374 g/mol. The van der Waals surface area contributed by atoms with Crippen molar-refractivity contribution in [3.8, 4) is 22.4 Å². The highest BCUT2D eigenvalue weighted by Gasteiger charge is 2.28. The Hall–Kier alpha value is -3.41. The molecule has 5 rings (SSSR count). The highest BCUT2D eigenvalue weighted by molar-refractivity contribution is 5.94. The number of fused-ring (bicyclic) bond motifs is 1. The summed E-state index contributed by atoms with van der Waals surface area (Å²) in [4.78, 5) is 16.1. The van der Waals surface area contributed by atoms with Crippen molar-refractivity contribution in [2.75, 3.05) is 0 Å². The van der Waals surface area contributed by atoms with Crippen LogP contribution in [0.3, 0.4) is 0 Å². The van der Waals surface area contributed by atoms with Gasteiger partial charge in [-0.15, -0.1) is 0 Å². The quantitative estimate of drug-likeness (QED) is 0.510. The molecule has 4 aromatic rings. The average molecular weight is 399 g/mol. The maximum Gasteiger partial charge on any atom is 0.219 e. The fourth-order valence-electron chi connectivity index (χ4n) is 4.53. The fourth-order valence-corrected chi connectivity index (χ4v) is 4.53. The zero-order chi connectivity index (χ0) is 20.5. The van der Waals surface area contributed by atoms with E-state index in [1.807, 2.05) is 37.8 Å².